The number of nitrogens with zero attached hydrogens (tertiary/aromatic N) is 1. The van der Waals surface area contributed by atoms with E-state index in [0.717, 1.165) is 16.9 Å². The standard InChI is InChI=1S/C21H18ClN3O2/c1-13-6-7-17(11-19(13)22)24-18-8-9-20(23-12-18)21(27)25-16-5-3-4-15(10-16)14(2)26/h3-12,24H,1-2H3,(H,25,27). The zero-order valence-corrected chi connectivity index (χ0v) is 15.7. The Kier molecular flexibility index (Phi) is 5.52. The molecule has 136 valence electrons. The lowest BCUT2D eigenvalue weighted by molar-refractivity contribution is 0.100. The van der Waals surface area contributed by atoms with Crippen molar-refractivity contribution in [2.24, 2.45) is 0 Å². The van der Waals surface area contributed by atoms with Crippen molar-refractivity contribution in [3.8, 4) is 0 Å². The fourth-order valence-corrected chi connectivity index (χ4v) is 2.63. The van der Waals surface area contributed by atoms with Gasteiger partial charge in [0.1, 0.15) is 5.69 Å². The molecule has 0 atom stereocenters. The molecule has 3 rings (SSSR count). The van der Waals surface area contributed by atoms with Crippen LogP contribution in [0.4, 0.5) is 17.1 Å². The van der Waals surface area contributed by atoms with Crippen molar-refractivity contribution in [1.29, 1.82) is 0 Å². The number of carbonyl (C=O) groups is 2. The maximum atomic E-state index is 12.4. The molecule has 0 radical (unpaired) electrons. The number of aryl methyl sites for hydroxylation is 1. The van der Waals surface area contributed by atoms with E-state index in [2.05, 4.69) is 15.6 Å². The van der Waals surface area contributed by atoms with Crippen LogP contribution < -0.4 is 10.6 Å². The molecule has 0 saturated heterocycles. The lowest BCUT2D eigenvalue weighted by Gasteiger charge is -2.09. The average molecular weight is 380 g/mol. The molecular weight excluding hydrogens is 362 g/mol. The molecule has 2 N–H and O–H groups in total. The van der Waals surface area contributed by atoms with Crippen LogP contribution in [0.5, 0.6) is 0 Å². The van der Waals surface area contributed by atoms with Crippen molar-refractivity contribution < 1.29 is 9.59 Å². The van der Waals surface area contributed by atoms with Gasteiger partial charge < -0.3 is 10.6 Å². The number of anilines is 3. The largest absolute Gasteiger partial charge is 0.354 e. The molecule has 0 aliphatic carbocycles. The van der Waals surface area contributed by atoms with Gasteiger partial charge in [0.2, 0.25) is 0 Å². The number of ketones is 1. The fourth-order valence-electron chi connectivity index (χ4n) is 2.45. The minimum Gasteiger partial charge on any atom is -0.354 e. The Morgan fingerprint density at radius 2 is 1.74 bits per heavy atom. The zero-order chi connectivity index (χ0) is 19.4. The highest BCUT2D eigenvalue weighted by atomic mass is 35.5. The Balaban J connectivity index is 1.69. The summed E-state index contributed by atoms with van der Waals surface area (Å²) in [5.74, 6) is -0.406. The van der Waals surface area contributed by atoms with Crippen LogP contribution in [0.15, 0.2) is 60.8 Å². The van der Waals surface area contributed by atoms with Gasteiger partial charge in [0.25, 0.3) is 5.91 Å². The van der Waals surface area contributed by atoms with Crippen LogP contribution >= 0.6 is 11.6 Å². The van der Waals surface area contributed by atoms with Crippen LogP contribution in [-0.4, -0.2) is 16.7 Å². The molecular formula is C21H18ClN3O2. The van der Waals surface area contributed by atoms with Crippen molar-refractivity contribution in [3.05, 3.63) is 82.6 Å². The predicted molar refractivity (Wildman–Crippen MR) is 108 cm³/mol. The fraction of sp³-hybridized carbons (Fsp3) is 0.0952. The third kappa shape index (κ3) is 4.71. The molecule has 27 heavy (non-hydrogen) atoms. The summed E-state index contributed by atoms with van der Waals surface area (Å²) < 4.78 is 0. The number of Topliss-reactive ketones (excluding diaryl/α,β-unsaturated/α-hetero) is 1. The highest BCUT2D eigenvalue weighted by Crippen LogP contribution is 2.23. The van der Waals surface area contributed by atoms with Gasteiger partial charge >= 0.3 is 0 Å². The molecule has 1 amide bonds. The Labute approximate surface area is 162 Å². The van der Waals surface area contributed by atoms with Gasteiger partial charge in [-0.2, -0.15) is 0 Å². The number of rotatable bonds is 5. The zero-order valence-electron chi connectivity index (χ0n) is 14.9. The molecule has 0 aliphatic rings. The van der Waals surface area contributed by atoms with Crippen LogP contribution in [0.3, 0.4) is 0 Å². The van der Waals surface area contributed by atoms with Gasteiger partial charge in [-0.25, -0.2) is 4.98 Å². The number of pyridine rings is 1. The first-order chi connectivity index (χ1) is 12.9. The van der Waals surface area contributed by atoms with E-state index in [4.69, 9.17) is 11.6 Å². The second-order valence-electron chi connectivity index (χ2n) is 6.11. The molecule has 6 heteroatoms. The number of hydrogen-bond donors (Lipinski definition) is 2. The second-order valence-corrected chi connectivity index (χ2v) is 6.52. The van der Waals surface area contributed by atoms with Gasteiger partial charge in [-0.3, -0.25) is 9.59 Å². The number of aromatic nitrogens is 1. The molecule has 1 heterocycles. The van der Waals surface area contributed by atoms with E-state index in [9.17, 15) is 9.59 Å². The molecule has 0 saturated carbocycles. The van der Waals surface area contributed by atoms with Gasteiger partial charge in [0, 0.05) is 22.0 Å². The van der Waals surface area contributed by atoms with Crippen molar-refractivity contribution in [3.63, 3.8) is 0 Å². The van der Waals surface area contributed by atoms with Crippen LogP contribution in [-0.2, 0) is 0 Å². The highest BCUT2D eigenvalue weighted by molar-refractivity contribution is 6.31. The Bertz CT molecular complexity index is 1000. The first-order valence-electron chi connectivity index (χ1n) is 8.34. The van der Waals surface area contributed by atoms with Crippen LogP contribution in [0.1, 0.15) is 33.3 Å². The Hall–Kier alpha value is -3.18. The minimum absolute atomic E-state index is 0.0594. The molecule has 5 nitrogen and oxygen atoms in total. The van der Waals surface area contributed by atoms with E-state index in [1.165, 1.54) is 6.92 Å². The predicted octanol–water partition coefficient (Wildman–Crippen LogP) is 5.24. The Morgan fingerprint density at radius 1 is 0.963 bits per heavy atom. The summed E-state index contributed by atoms with van der Waals surface area (Å²) in [5, 5.41) is 6.61. The maximum absolute atomic E-state index is 12.4. The molecule has 0 aliphatic heterocycles. The van der Waals surface area contributed by atoms with E-state index in [-0.39, 0.29) is 17.4 Å². The summed E-state index contributed by atoms with van der Waals surface area (Å²) in [6.07, 6.45) is 1.58. The van der Waals surface area contributed by atoms with Gasteiger partial charge in [0.05, 0.1) is 11.9 Å². The van der Waals surface area contributed by atoms with Crippen LogP contribution in [0, 0.1) is 6.92 Å². The monoisotopic (exact) mass is 379 g/mol. The summed E-state index contributed by atoms with van der Waals surface area (Å²) in [4.78, 5) is 28.0. The van der Waals surface area contributed by atoms with E-state index in [1.807, 2.05) is 25.1 Å². The molecule has 0 unspecified atom stereocenters. The van der Waals surface area contributed by atoms with Crippen molar-refractivity contribution in [2.45, 2.75) is 13.8 Å². The number of benzene rings is 2. The smallest absolute Gasteiger partial charge is 0.274 e. The SMILES string of the molecule is CC(=O)c1cccc(NC(=O)c2ccc(Nc3ccc(C)c(Cl)c3)cn2)c1. The van der Waals surface area contributed by atoms with Gasteiger partial charge in [-0.15, -0.1) is 0 Å². The van der Waals surface area contributed by atoms with E-state index in [1.54, 1.807) is 42.6 Å². The van der Waals surface area contributed by atoms with Crippen LogP contribution in [0.25, 0.3) is 0 Å². The van der Waals surface area contributed by atoms with E-state index >= 15 is 0 Å². The van der Waals surface area contributed by atoms with E-state index in [0.29, 0.717) is 16.3 Å². The summed E-state index contributed by atoms with van der Waals surface area (Å²) in [6.45, 7) is 3.42. The number of nitrogens with one attached hydrogen (secondary N) is 2. The maximum Gasteiger partial charge on any atom is 0.274 e. The topological polar surface area (TPSA) is 71.1 Å². The summed E-state index contributed by atoms with van der Waals surface area (Å²) in [5.41, 5.74) is 3.94. The third-order valence-electron chi connectivity index (χ3n) is 3.98. The molecule has 0 fully saturated rings. The Morgan fingerprint density at radius 3 is 2.41 bits per heavy atom. The van der Waals surface area contributed by atoms with Crippen molar-refractivity contribution in [2.75, 3.05) is 10.6 Å². The molecule has 0 spiro atoms. The number of halogens is 1. The first-order valence-corrected chi connectivity index (χ1v) is 8.72. The third-order valence-corrected chi connectivity index (χ3v) is 4.39. The van der Waals surface area contributed by atoms with Crippen molar-refractivity contribution in [1.82, 2.24) is 4.98 Å². The lowest BCUT2D eigenvalue weighted by atomic mass is 10.1. The van der Waals surface area contributed by atoms with Gasteiger partial charge in [-0.1, -0.05) is 29.8 Å². The minimum atomic E-state index is -0.347. The quantitative estimate of drug-likeness (QED) is 0.594. The lowest BCUT2D eigenvalue weighted by Crippen LogP contribution is -2.14. The van der Waals surface area contributed by atoms with Crippen molar-refractivity contribution >= 4 is 40.4 Å². The van der Waals surface area contributed by atoms with Crippen LogP contribution in [0.2, 0.25) is 5.02 Å². The normalized spacial score (nSPS) is 10.3. The number of hydrogen-bond acceptors (Lipinski definition) is 4. The second kappa shape index (κ2) is 8.01. The molecule has 2 aromatic carbocycles. The van der Waals surface area contributed by atoms with Gasteiger partial charge in [0.15, 0.2) is 5.78 Å². The van der Waals surface area contributed by atoms with Gasteiger partial charge in [-0.05, 0) is 55.8 Å². The number of amides is 1. The summed E-state index contributed by atoms with van der Waals surface area (Å²) >= 11 is 6.12. The highest BCUT2D eigenvalue weighted by Gasteiger charge is 2.09. The summed E-state index contributed by atoms with van der Waals surface area (Å²) in [6, 6.07) is 15.9. The average Bonchev–Trinajstić information content (AvgIpc) is 2.65. The molecule has 3 aromatic rings. The number of carbonyl (C=O) groups excluding carboxylic acids is 2. The summed E-state index contributed by atoms with van der Waals surface area (Å²) in [7, 11) is 0. The van der Waals surface area contributed by atoms with E-state index < -0.39 is 0 Å². The molecule has 1 aromatic heterocycles. The molecule has 0 bridgehead atoms. The first kappa shape index (κ1) is 18.6.